The van der Waals surface area contributed by atoms with Crippen molar-refractivity contribution in [3.8, 4) is 0 Å². The molecule has 24 heavy (non-hydrogen) atoms. The molecule has 1 unspecified atom stereocenters. The van der Waals surface area contributed by atoms with E-state index in [0.717, 1.165) is 30.8 Å². The molecule has 132 valence electrons. The first-order chi connectivity index (χ1) is 11.4. The lowest BCUT2D eigenvalue weighted by molar-refractivity contribution is -0.124. The summed E-state index contributed by atoms with van der Waals surface area (Å²) >= 11 is 4.68. The fourth-order valence-corrected chi connectivity index (χ4v) is 2.76. The number of amides is 2. The molecule has 1 rings (SSSR count). The Morgan fingerprint density at radius 2 is 2.00 bits per heavy atom. The normalized spacial score (nSPS) is 12.4. The number of carbonyl (C=O) groups is 2. The maximum atomic E-state index is 11.5. The zero-order valence-corrected chi connectivity index (χ0v) is 15.1. The van der Waals surface area contributed by atoms with E-state index < -0.39 is 5.91 Å². The summed E-state index contributed by atoms with van der Waals surface area (Å²) in [6, 6.07) is 5.51. The first kappa shape index (κ1) is 20.2. The number of rotatable bonds is 8. The average molecular weight is 351 g/mol. The van der Waals surface area contributed by atoms with Crippen LogP contribution in [0.15, 0.2) is 24.3 Å². The minimum Gasteiger partial charge on any atom is -0.326 e. The Bertz CT molecular complexity index is 601. The maximum absolute atomic E-state index is 11.5. The summed E-state index contributed by atoms with van der Waals surface area (Å²) in [5.41, 5.74) is 3.85. The van der Waals surface area contributed by atoms with Crippen LogP contribution in [0.3, 0.4) is 0 Å². The van der Waals surface area contributed by atoms with Crippen LogP contribution in [-0.2, 0) is 9.59 Å². The lowest BCUT2D eigenvalue weighted by Crippen LogP contribution is -2.27. The largest absolute Gasteiger partial charge is 0.326 e. The van der Waals surface area contributed by atoms with Crippen LogP contribution in [0.4, 0.5) is 5.69 Å². The molecule has 1 aromatic rings. The number of thiol groups is 1. The molecule has 1 aromatic carbocycles. The van der Waals surface area contributed by atoms with E-state index in [-0.39, 0.29) is 11.2 Å². The van der Waals surface area contributed by atoms with Crippen LogP contribution >= 0.6 is 12.6 Å². The number of hydrogen-bond donors (Lipinski definition) is 4. The number of hydroxylamine groups is 1. The van der Waals surface area contributed by atoms with Gasteiger partial charge in [0, 0.05) is 30.5 Å². The van der Waals surface area contributed by atoms with Gasteiger partial charge in [-0.25, -0.2) is 5.48 Å². The second-order valence-corrected chi connectivity index (χ2v) is 5.96. The first-order valence-electron chi connectivity index (χ1n) is 7.85. The van der Waals surface area contributed by atoms with Gasteiger partial charge in [-0.3, -0.25) is 14.8 Å². The highest BCUT2D eigenvalue weighted by Gasteiger charge is 2.15. The number of likely N-dealkylation sites (N-methyl/N-ethyl adjacent to an activating group) is 1. The van der Waals surface area contributed by atoms with Crippen molar-refractivity contribution in [3.63, 3.8) is 0 Å². The fraction of sp³-hybridized carbons (Fsp3) is 0.412. The lowest BCUT2D eigenvalue weighted by atomic mass is 10.0. The van der Waals surface area contributed by atoms with Crippen molar-refractivity contribution in [1.82, 2.24) is 10.4 Å². The molecule has 0 aliphatic carbocycles. The number of nitrogens with zero attached hydrogens (tertiary/aromatic N) is 1. The van der Waals surface area contributed by atoms with Crippen molar-refractivity contribution < 1.29 is 14.8 Å². The molecule has 0 heterocycles. The van der Waals surface area contributed by atoms with Gasteiger partial charge in [-0.05, 0) is 36.4 Å². The highest BCUT2D eigenvalue weighted by atomic mass is 32.1. The van der Waals surface area contributed by atoms with Crippen molar-refractivity contribution >= 4 is 36.2 Å². The topological polar surface area (TPSA) is 81.7 Å². The van der Waals surface area contributed by atoms with Gasteiger partial charge in [0.25, 0.3) is 5.91 Å². The van der Waals surface area contributed by atoms with Crippen LogP contribution in [0.1, 0.15) is 37.1 Å². The molecule has 0 aliphatic heterocycles. The summed E-state index contributed by atoms with van der Waals surface area (Å²) in [5, 5.41) is 11.3. The second kappa shape index (κ2) is 10.1. The number of hydrogen-bond acceptors (Lipinski definition) is 5. The Morgan fingerprint density at radius 1 is 1.33 bits per heavy atom. The fourth-order valence-electron chi connectivity index (χ4n) is 2.30. The predicted molar refractivity (Wildman–Crippen MR) is 99.2 cm³/mol. The molecule has 0 fully saturated rings. The van der Waals surface area contributed by atoms with Gasteiger partial charge < -0.3 is 10.2 Å². The zero-order valence-electron chi connectivity index (χ0n) is 14.2. The Hall–Kier alpha value is -1.83. The third kappa shape index (κ3) is 6.35. The molecule has 0 spiro atoms. The minimum atomic E-state index is -0.617. The van der Waals surface area contributed by atoms with E-state index in [1.165, 1.54) is 18.5 Å². The first-order valence-corrected chi connectivity index (χ1v) is 8.36. The number of benzene rings is 1. The number of anilines is 1. The smallest absolute Gasteiger partial charge is 0.267 e. The van der Waals surface area contributed by atoms with Gasteiger partial charge in [0.15, 0.2) is 0 Å². The van der Waals surface area contributed by atoms with Crippen LogP contribution in [0.5, 0.6) is 0 Å². The van der Waals surface area contributed by atoms with Gasteiger partial charge in [-0.2, -0.15) is 12.6 Å². The lowest BCUT2D eigenvalue weighted by Gasteiger charge is -2.24. The van der Waals surface area contributed by atoms with Crippen LogP contribution in [0.25, 0.3) is 6.08 Å². The van der Waals surface area contributed by atoms with E-state index in [9.17, 15) is 9.59 Å². The summed E-state index contributed by atoms with van der Waals surface area (Å²) in [4.78, 5) is 24.8. The van der Waals surface area contributed by atoms with Gasteiger partial charge in [0.1, 0.15) is 0 Å². The van der Waals surface area contributed by atoms with E-state index >= 15 is 0 Å². The Labute approximate surface area is 148 Å². The molecule has 6 nitrogen and oxygen atoms in total. The highest BCUT2D eigenvalue weighted by molar-refractivity contribution is 7.80. The quantitative estimate of drug-likeness (QED) is 0.251. The maximum Gasteiger partial charge on any atom is 0.267 e. The summed E-state index contributed by atoms with van der Waals surface area (Å²) in [7, 11) is 0. The highest BCUT2D eigenvalue weighted by Crippen LogP contribution is 2.30. The van der Waals surface area contributed by atoms with Crippen molar-refractivity contribution in [3.05, 3.63) is 35.4 Å². The summed E-state index contributed by atoms with van der Waals surface area (Å²) in [6.07, 6.45) is 2.76. The Balaban J connectivity index is 3.08. The number of nitrogens with one attached hydrogen (secondary N) is 2. The molecule has 0 aliphatic rings. The zero-order chi connectivity index (χ0) is 18.1. The van der Waals surface area contributed by atoms with Gasteiger partial charge in [-0.15, -0.1) is 0 Å². The third-order valence-corrected chi connectivity index (χ3v) is 4.05. The van der Waals surface area contributed by atoms with Crippen LogP contribution in [0, 0.1) is 0 Å². The van der Waals surface area contributed by atoms with E-state index in [4.69, 9.17) is 5.21 Å². The predicted octanol–water partition coefficient (Wildman–Crippen LogP) is 2.48. The molecule has 0 bridgehead atoms. The third-order valence-electron chi connectivity index (χ3n) is 3.61. The standard InChI is InChI=1S/C17H25N3O3S/c1-4-20(5-2)11-16(24)14-8-6-13(7-9-17(22)19-23)10-15(14)18-12(3)21/h6-10,16,23-24H,4-5,11H2,1-3H3,(H,18,21)(H,19,22)/b9-7+. The van der Waals surface area contributed by atoms with Crippen molar-refractivity contribution in [2.24, 2.45) is 0 Å². The van der Waals surface area contributed by atoms with Crippen molar-refractivity contribution in [2.75, 3.05) is 25.0 Å². The van der Waals surface area contributed by atoms with Crippen molar-refractivity contribution in [1.29, 1.82) is 0 Å². The molecular weight excluding hydrogens is 326 g/mol. The molecule has 3 N–H and O–H groups in total. The molecule has 0 saturated heterocycles. The average Bonchev–Trinajstić information content (AvgIpc) is 2.56. The monoisotopic (exact) mass is 351 g/mol. The van der Waals surface area contributed by atoms with Crippen LogP contribution < -0.4 is 10.8 Å². The summed E-state index contributed by atoms with van der Waals surface area (Å²) in [5.74, 6) is -0.789. The molecule has 7 heteroatoms. The summed E-state index contributed by atoms with van der Waals surface area (Å²) < 4.78 is 0. The molecule has 0 radical (unpaired) electrons. The van der Waals surface area contributed by atoms with Crippen LogP contribution in [0.2, 0.25) is 0 Å². The van der Waals surface area contributed by atoms with Gasteiger partial charge in [0.2, 0.25) is 5.91 Å². The minimum absolute atomic E-state index is 0.0504. The summed E-state index contributed by atoms with van der Waals surface area (Å²) in [6.45, 7) is 8.27. The molecular formula is C17H25N3O3S. The van der Waals surface area contributed by atoms with Crippen molar-refractivity contribution in [2.45, 2.75) is 26.0 Å². The van der Waals surface area contributed by atoms with Crippen LogP contribution in [-0.4, -0.2) is 41.6 Å². The Kier molecular flexibility index (Phi) is 8.53. The number of carbonyl (C=O) groups excluding carboxylic acids is 2. The van der Waals surface area contributed by atoms with E-state index in [0.29, 0.717) is 5.69 Å². The Morgan fingerprint density at radius 3 is 2.54 bits per heavy atom. The molecule has 2 amide bonds. The molecule has 1 atom stereocenters. The van der Waals surface area contributed by atoms with Gasteiger partial charge >= 0.3 is 0 Å². The van der Waals surface area contributed by atoms with E-state index in [1.54, 1.807) is 12.1 Å². The molecule has 0 saturated carbocycles. The van der Waals surface area contributed by atoms with E-state index in [2.05, 4.69) is 36.7 Å². The second-order valence-electron chi connectivity index (χ2n) is 5.34. The van der Waals surface area contributed by atoms with Gasteiger partial charge in [-0.1, -0.05) is 26.0 Å². The van der Waals surface area contributed by atoms with E-state index in [1.807, 2.05) is 12.1 Å². The SMILES string of the molecule is CCN(CC)CC(S)c1ccc(/C=C/C(=O)NO)cc1NC(C)=O. The molecule has 0 aromatic heterocycles. The van der Waals surface area contributed by atoms with Gasteiger partial charge in [0.05, 0.1) is 0 Å².